The van der Waals surface area contributed by atoms with Gasteiger partial charge in [0.2, 0.25) is 0 Å². The van der Waals surface area contributed by atoms with Crippen LogP contribution in [0.3, 0.4) is 0 Å². The lowest BCUT2D eigenvalue weighted by Crippen LogP contribution is -2.01. The molecule has 2 aromatic rings. The highest BCUT2D eigenvalue weighted by molar-refractivity contribution is 6.16. The molecule has 0 saturated carbocycles. The Kier molecular flexibility index (Phi) is 2.57. The fraction of sp³-hybridized carbons (Fsp3) is 0.300. The standard InChI is InChI=1S/C10H9ClN4/c1-2-15-9(5-11)14-7-3-4-13-8(6-12)10(7)15/h3-4H,2,5H2,1H3. The van der Waals surface area contributed by atoms with Gasteiger partial charge in [-0.05, 0) is 13.0 Å². The van der Waals surface area contributed by atoms with Gasteiger partial charge < -0.3 is 4.57 Å². The summed E-state index contributed by atoms with van der Waals surface area (Å²) in [5.41, 5.74) is 1.95. The topological polar surface area (TPSA) is 54.5 Å². The van der Waals surface area contributed by atoms with Gasteiger partial charge in [0.25, 0.3) is 0 Å². The molecule has 0 radical (unpaired) electrons. The van der Waals surface area contributed by atoms with Crippen molar-refractivity contribution < 1.29 is 0 Å². The molecule has 15 heavy (non-hydrogen) atoms. The first-order valence-corrected chi connectivity index (χ1v) is 5.15. The molecule has 76 valence electrons. The molecule has 0 saturated heterocycles. The molecule has 0 atom stereocenters. The molecular formula is C10H9ClN4. The summed E-state index contributed by atoms with van der Waals surface area (Å²) in [5, 5.41) is 8.95. The lowest BCUT2D eigenvalue weighted by Gasteiger charge is -2.03. The predicted octanol–water partition coefficient (Wildman–Crippen LogP) is 2.06. The zero-order chi connectivity index (χ0) is 10.8. The second-order valence-corrected chi connectivity index (χ2v) is 3.31. The average molecular weight is 221 g/mol. The number of aryl methyl sites for hydroxylation is 1. The third-order valence-electron chi connectivity index (χ3n) is 2.28. The molecule has 0 aliphatic heterocycles. The largest absolute Gasteiger partial charge is 0.325 e. The van der Waals surface area contributed by atoms with Crippen LogP contribution in [-0.4, -0.2) is 14.5 Å². The first-order valence-electron chi connectivity index (χ1n) is 4.62. The molecule has 0 bridgehead atoms. The predicted molar refractivity (Wildman–Crippen MR) is 57.5 cm³/mol. The Morgan fingerprint density at radius 1 is 1.60 bits per heavy atom. The van der Waals surface area contributed by atoms with Crippen molar-refractivity contribution in [2.75, 3.05) is 0 Å². The Balaban J connectivity index is 2.85. The fourth-order valence-corrected chi connectivity index (χ4v) is 1.86. The summed E-state index contributed by atoms with van der Waals surface area (Å²) >= 11 is 5.79. The molecule has 5 heteroatoms. The van der Waals surface area contributed by atoms with E-state index in [0.29, 0.717) is 11.6 Å². The van der Waals surface area contributed by atoms with Gasteiger partial charge >= 0.3 is 0 Å². The summed E-state index contributed by atoms with van der Waals surface area (Å²) < 4.78 is 1.92. The van der Waals surface area contributed by atoms with E-state index in [1.165, 1.54) is 0 Å². The fourth-order valence-electron chi connectivity index (χ4n) is 1.65. The Labute approximate surface area is 92.1 Å². The summed E-state index contributed by atoms with van der Waals surface area (Å²) in [4.78, 5) is 8.37. The molecule has 0 spiro atoms. The van der Waals surface area contributed by atoms with Crippen LogP contribution in [0.1, 0.15) is 18.4 Å². The van der Waals surface area contributed by atoms with Crippen LogP contribution < -0.4 is 0 Å². The number of hydrogen-bond acceptors (Lipinski definition) is 3. The molecule has 0 unspecified atom stereocenters. The van der Waals surface area contributed by atoms with Crippen molar-refractivity contribution in [2.45, 2.75) is 19.3 Å². The second-order valence-electron chi connectivity index (χ2n) is 3.05. The maximum atomic E-state index is 8.95. The summed E-state index contributed by atoms with van der Waals surface area (Å²) in [5.74, 6) is 1.12. The normalized spacial score (nSPS) is 10.5. The van der Waals surface area contributed by atoms with Crippen molar-refractivity contribution in [1.29, 1.82) is 5.26 Å². The first-order chi connectivity index (χ1) is 7.31. The van der Waals surface area contributed by atoms with Crippen LogP contribution in [0.5, 0.6) is 0 Å². The Morgan fingerprint density at radius 2 is 2.40 bits per heavy atom. The molecule has 0 aromatic carbocycles. The molecule has 2 rings (SSSR count). The van der Waals surface area contributed by atoms with Gasteiger partial charge in [-0.15, -0.1) is 11.6 Å². The second kappa shape index (κ2) is 3.87. The van der Waals surface area contributed by atoms with Crippen molar-refractivity contribution in [2.24, 2.45) is 0 Å². The lowest BCUT2D eigenvalue weighted by molar-refractivity contribution is 0.745. The lowest BCUT2D eigenvalue weighted by atomic mass is 10.3. The van der Waals surface area contributed by atoms with Gasteiger partial charge in [0, 0.05) is 12.7 Å². The molecular weight excluding hydrogens is 212 g/mol. The van der Waals surface area contributed by atoms with Gasteiger partial charge in [-0.1, -0.05) is 0 Å². The number of halogens is 1. The first kappa shape index (κ1) is 9.94. The van der Waals surface area contributed by atoms with Crippen LogP contribution in [0, 0.1) is 11.3 Å². The zero-order valence-electron chi connectivity index (χ0n) is 8.24. The number of aromatic nitrogens is 3. The third kappa shape index (κ3) is 1.45. The molecule has 2 heterocycles. The van der Waals surface area contributed by atoms with E-state index in [4.69, 9.17) is 16.9 Å². The quantitative estimate of drug-likeness (QED) is 0.728. The van der Waals surface area contributed by atoms with E-state index in [-0.39, 0.29) is 0 Å². The summed E-state index contributed by atoms with van der Waals surface area (Å²) in [6.45, 7) is 2.73. The smallest absolute Gasteiger partial charge is 0.166 e. The molecule has 0 N–H and O–H groups in total. The van der Waals surface area contributed by atoms with Gasteiger partial charge in [0.05, 0.1) is 11.4 Å². The minimum absolute atomic E-state index is 0.341. The summed E-state index contributed by atoms with van der Waals surface area (Å²) in [6.07, 6.45) is 1.59. The van der Waals surface area contributed by atoms with Crippen molar-refractivity contribution >= 4 is 22.6 Å². The van der Waals surface area contributed by atoms with Crippen LogP contribution in [0.2, 0.25) is 0 Å². The highest BCUT2D eigenvalue weighted by Crippen LogP contribution is 2.19. The molecule has 0 aliphatic carbocycles. The minimum Gasteiger partial charge on any atom is -0.325 e. The van der Waals surface area contributed by atoms with E-state index in [2.05, 4.69) is 16.0 Å². The van der Waals surface area contributed by atoms with Crippen molar-refractivity contribution in [3.05, 3.63) is 23.8 Å². The Hall–Kier alpha value is -1.60. The third-order valence-corrected chi connectivity index (χ3v) is 2.51. The van der Waals surface area contributed by atoms with Crippen molar-refractivity contribution in [3.8, 4) is 6.07 Å². The zero-order valence-corrected chi connectivity index (χ0v) is 8.99. The van der Waals surface area contributed by atoms with E-state index < -0.39 is 0 Å². The van der Waals surface area contributed by atoms with Crippen LogP contribution in [0.15, 0.2) is 12.3 Å². The van der Waals surface area contributed by atoms with E-state index >= 15 is 0 Å². The number of imidazole rings is 1. The maximum Gasteiger partial charge on any atom is 0.166 e. The van der Waals surface area contributed by atoms with Gasteiger partial charge in [-0.2, -0.15) is 5.26 Å². The number of fused-ring (bicyclic) bond motifs is 1. The number of hydrogen-bond donors (Lipinski definition) is 0. The number of rotatable bonds is 2. The minimum atomic E-state index is 0.341. The van der Waals surface area contributed by atoms with Gasteiger partial charge in [0.1, 0.15) is 17.4 Å². The van der Waals surface area contributed by atoms with Crippen molar-refractivity contribution in [1.82, 2.24) is 14.5 Å². The average Bonchev–Trinajstić information content (AvgIpc) is 2.66. The monoisotopic (exact) mass is 220 g/mol. The maximum absolute atomic E-state index is 8.95. The highest BCUT2D eigenvalue weighted by Gasteiger charge is 2.12. The van der Waals surface area contributed by atoms with E-state index in [1.807, 2.05) is 11.5 Å². The SMILES string of the molecule is CCn1c(CCl)nc2ccnc(C#N)c21. The van der Waals surface area contributed by atoms with Crippen molar-refractivity contribution in [3.63, 3.8) is 0 Å². The Morgan fingerprint density at radius 3 is 3.00 bits per heavy atom. The van der Waals surface area contributed by atoms with Gasteiger partial charge in [-0.25, -0.2) is 9.97 Å². The van der Waals surface area contributed by atoms with Crippen LogP contribution in [0.4, 0.5) is 0 Å². The van der Waals surface area contributed by atoms with Gasteiger partial charge in [0.15, 0.2) is 5.69 Å². The summed E-state index contributed by atoms with van der Waals surface area (Å²) in [7, 11) is 0. The molecule has 0 fully saturated rings. The van der Waals surface area contributed by atoms with Crippen LogP contribution in [-0.2, 0) is 12.4 Å². The van der Waals surface area contributed by atoms with Crippen LogP contribution >= 0.6 is 11.6 Å². The molecule has 4 nitrogen and oxygen atoms in total. The van der Waals surface area contributed by atoms with E-state index in [0.717, 1.165) is 23.4 Å². The number of nitriles is 1. The highest BCUT2D eigenvalue weighted by atomic mass is 35.5. The van der Waals surface area contributed by atoms with Crippen LogP contribution in [0.25, 0.3) is 11.0 Å². The van der Waals surface area contributed by atoms with E-state index in [9.17, 15) is 0 Å². The number of nitrogens with zero attached hydrogens (tertiary/aromatic N) is 4. The number of alkyl halides is 1. The van der Waals surface area contributed by atoms with E-state index in [1.54, 1.807) is 12.3 Å². The summed E-state index contributed by atoms with van der Waals surface area (Å²) in [6, 6.07) is 3.86. The molecule has 2 aromatic heterocycles. The van der Waals surface area contributed by atoms with Gasteiger partial charge in [-0.3, -0.25) is 0 Å². The Bertz CT molecular complexity index is 538. The molecule has 0 amide bonds. The number of pyridine rings is 1. The molecule has 0 aliphatic rings.